The maximum absolute atomic E-state index is 11.1. The van der Waals surface area contributed by atoms with Crippen LogP contribution in [0.5, 0.6) is 0 Å². The molecule has 0 bridgehead atoms. The molecule has 0 amide bonds. The highest BCUT2D eigenvalue weighted by Crippen LogP contribution is 2.20. The van der Waals surface area contributed by atoms with E-state index >= 15 is 0 Å². The second kappa shape index (κ2) is 9.28. The first-order chi connectivity index (χ1) is 10.0. The van der Waals surface area contributed by atoms with Crippen molar-refractivity contribution in [1.29, 1.82) is 0 Å². The molecule has 1 N–H and O–H groups in total. The number of ether oxygens (including phenoxy) is 1. The predicted octanol–water partition coefficient (Wildman–Crippen LogP) is 2.57. The molecule has 0 saturated carbocycles. The molecule has 2 atom stereocenters. The van der Waals surface area contributed by atoms with E-state index in [-0.39, 0.29) is 24.9 Å². The molecular weight excluding hydrogens is 272 g/mol. The van der Waals surface area contributed by atoms with Gasteiger partial charge in [0.15, 0.2) is 0 Å². The lowest BCUT2D eigenvalue weighted by Gasteiger charge is -2.18. The number of hydrogen-bond acceptors (Lipinski definition) is 5. The SMILES string of the molecule is C=C(C)C(=O)OOCC(O)COC(CC)c1ccccc1. The Labute approximate surface area is 125 Å². The van der Waals surface area contributed by atoms with Crippen LogP contribution in [0.1, 0.15) is 31.9 Å². The summed E-state index contributed by atoms with van der Waals surface area (Å²) in [6, 6.07) is 9.78. The van der Waals surface area contributed by atoms with Crippen LogP contribution < -0.4 is 0 Å². The van der Waals surface area contributed by atoms with E-state index in [4.69, 9.17) is 4.74 Å². The topological polar surface area (TPSA) is 65.0 Å². The molecule has 0 saturated heterocycles. The van der Waals surface area contributed by atoms with Crippen LogP contribution in [0.3, 0.4) is 0 Å². The minimum absolute atomic E-state index is 0.0844. The zero-order chi connectivity index (χ0) is 15.7. The summed E-state index contributed by atoms with van der Waals surface area (Å²) in [6.45, 7) is 6.88. The number of aliphatic hydroxyl groups is 1. The summed E-state index contributed by atoms with van der Waals surface area (Å²) in [6.07, 6.45) is -0.165. The Bertz CT molecular complexity index is 443. The molecular formula is C16H22O5. The van der Waals surface area contributed by atoms with Gasteiger partial charge in [0.25, 0.3) is 0 Å². The summed E-state index contributed by atoms with van der Waals surface area (Å²) < 4.78 is 5.66. The van der Waals surface area contributed by atoms with Crippen molar-refractivity contribution < 1.29 is 24.4 Å². The molecule has 1 aromatic carbocycles. The summed E-state index contributed by atoms with van der Waals surface area (Å²) in [4.78, 5) is 20.1. The van der Waals surface area contributed by atoms with Crippen molar-refractivity contribution in [2.24, 2.45) is 0 Å². The van der Waals surface area contributed by atoms with Crippen molar-refractivity contribution in [3.05, 3.63) is 48.0 Å². The first-order valence-corrected chi connectivity index (χ1v) is 6.88. The number of benzene rings is 1. The van der Waals surface area contributed by atoms with Gasteiger partial charge in [-0.3, -0.25) is 4.89 Å². The van der Waals surface area contributed by atoms with Crippen LogP contribution in [0.25, 0.3) is 0 Å². The van der Waals surface area contributed by atoms with Gasteiger partial charge in [-0.1, -0.05) is 43.8 Å². The quantitative estimate of drug-likeness (QED) is 0.431. The second-order valence-electron chi connectivity index (χ2n) is 4.73. The van der Waals surface area contributed by atoms with E-state index in [1.807, 2.05) is 37.3 Å². The largest absolute Gasteiger partial charge is 0.388 e. The third kappa shape index (κ3) is 6.53. The summed E-state index contributed by atoms with van der Waals surface area (Å²) in [5, 5.41) is 9.73. The molecule has 0 radical (unpaired) electrons. The second-order valence-corrected chi connectivity index (χ2v) is 4.73. The van der Waals surface area contributed by atoms with Crippen LogP contribution in [0.15, 0.2) is 42.5 Å². The van der Waals surface area contributed by atoms with Gasteiger partial charge in [-0.05, 0) is 18.9 Å². The average Bonchev–Trinajstić information content (AvgIpc) is 2.48. The molecule has 0 aliphatic rings. The van der Waals surface area contributed by atoms with E-state index in [1.54, 1.807) is 0 Å². The van der Waals surface area contributed by atoms with Crippen LogP contribution in [0.4, 0.5) is 0 Å². The molecule has 1 rings (SSSR count). The molecule has 0 aliphatic heterocycles. The Kier molecular flexibility index (Phi) is 7.68. The van der Waals surface area contributed by atoms with Gasteiger partial charge < -0.3 is 9.84 Å². The van der Waals surface area contributed by atoms with E-state index < -0.39 is 12.1 Å². The van der Waals surface area contributed by atoms with Crippen molar-refractivity contribution in [1.82, 2.24) is 0 Å². The molecule has 1 aromatic rings. The first-order valence-electron chi connectivity index (χ1n) is 6.88. The fraction of sp³-hybridized carbons (Fsp3) is 0.438. The fourth-order valence-electron chi connectivity index (χ4n) is 1.63. The molecule has 116 valence electrons. The van der Waals surface area contributed by atoms with E-state index in [2.05, 4.69) is 16.4 Å². The lowest BCUT2D eigenvalue weighted by molar-refractivity contribution is -0.280. The predicted molar refractivity (Wildman–Crippen MR) is 78.3 cm³/mol. The van der Waals surface area contributed by atoms with E-state index in [0.717, 1.165) is 12.0 Å². The molecule has 0 heterocycles. The number of carbonyl (C=O) groups is 1. The number of hydrogen-bond donors (Lipinski definition) is 1. The van der Waals surface area contributed by atoms with Gasteiger partial charge in [0.2, 0.25) is 0 Å². The van der Waals surface area contributed by atoms with Crippen molar-refractivity contribution in [3.8, 4) is 0 Å². The molecule has 0 fully saturated rings. The van der Waals surface area contributed by atoms with Gasteiger partial charge in [0.05, 0.1) is 12.7 Å². The normalized spacial score (nSPS) is 13.5. The highest BCUT2D eigenvalue weighted by atomic mass is 17.2. The Morgan fingerprint density at radius 2 is 1.95 bits per heavy atom. The lowest BCUT2D eigenvalue weighted by Crippen LogP contribution is -2.24. The minimum Gasteiger partial charge on any atom is -0.388 e. The van der Waals surface area contributed by atoms with Gasteiger partial charge in [-0.25, -0.2) is 4.79 Å². The van der Waals surface area contributed by atoms with E-state index in [0.29, 0.717) is 0 Å². The van der Waals surface area contributed by atoms with Gasteiger partial charge in [0, 0.05) is 5.57 Å². The van der Waals surface area contributed by atoms with Crippen LogP contribution in [-0.4, -0.2) is 30.4 Å². The molecule has 21 heavy (non-hydrogen) atoms. The minimum atomic E-state index is -0.874. The maximum Gasteiger partial charge on any atom is 0.368 e. The zero-order valence-electron chi connectivity index (χ0n) is 12.5. The molecule has 5 nitrogen and oxygen atoms in total. The lowest BCUT2D eigenvalue weighted by atomic mass is 10.1. The van der Waals surface area contributed by atoms with Crippen molar-refractivity contribution >= 4 is 5.97 Å². The Morgan fingerprint density at radius 1 is 1.29 bits per heavy atom. The Balaban J connectivity index is 2.30. The summed E-state index contributed by atoms with van der Waals surface area (Å²) in [5.74, 6) is -0.654. The summed E-state index contributed by atoms with van der Waals surface area (Å²) in [5.41, 5.74) is 1.29. The zero-order valence-corrected chi connectivity index (χ0v) is 12.5. The van der Waals surface area contributed by atoms with Gasteiger partial charge in [0.1, 0.15) is 12.7 Å². The summed E-state index contributed by atoms with van der Waals surface area (Å²) >= 11 is 0. The van der Waals surface area contributed by atoms with Crippen LogP contribution in [0.2, 0.25) is 0 Å². The monoisotopic (exact) mass is 294 g/mol. The van der Waals surface area contributed by atoms with Gasteiger partial charge >= 0.3 is 5.97 Å². The number of aliphatic hydroxyl groups excluding tert-OH is 1. The fourth-order valence-corrected chi connectivity index (χ4v) is 1.63. The van der Waals surface area contributed by atoms with Gasteiger partial charge in [-0.2, -0.15) is 4.89 Å². The van der Waals surface area contributed by atoms with Crippen molar-refractivity contribution in [3.63, 3.8) is 0 Å². The Hall–Kier alpha value is -1.69. The van der Waals surface area contributed by atoms with E-state index in [1.165, 1.54) is 6.92 Å². The number of rotatable bonds is 9. The molecule has 2 unspecified atom stereocenters. The average molecular weight is 294 g/mol. The van der Waals surface area contributed by atoms with Crippen molar-refractivity contribution in [2.75, 3.05) is 13.2 Å². The third-order valence-electron chi connectivity index (χ3n) is 2.78. The molecule has 0 spiro atoms. The molecule has 5 heteroatoms. The highest BCUT2D eigenvalue weighted by Gasteiger charge is 2.14. The van der Waals surface area contributed by atoms with Crippen molar-refractivity contribution in [2.45, 2.75) is 32.5 Å². The molecule has 0 aromatic heterocycles. The summed E-state index contributed by atoms with van der Waals surface area (Å²) in [7, 11) is 0. The van der Waals surface area contributed by atoms with Gasteiger partial charge in [-0.15, -0.1) is 0 Å². The van der Waals surface area contributed by atoms with Crippen LogP contribution in [-0.2, 0) is 19.3 Å². The molecule has 0 aliphatic carbocycles. The smallest absolute Gasteiger partial charge is 0.368 e. The van der Waals surface area contributed by atoms with Crippen LogP contribution >= 0.6 is 0 Å². The highest BCUT2D eigenvalue weighted by molar-refractivity contribution is 5.86. The van der Waals surface area contributed by atoms with E-state index in [9.17, 15) is 9.90 Å². The third-order valence-corrected chi connectivity index (χ3v) is 2.78. The Morgan fingerprint density at radius 3 is 2.52 bits per heavy atom. The standard InChI is InChI=1S/C16H22O5/c1-4-15(13-8-6-5-7-9-13)19-10-14(17)11-20-21-16(18)12(2)3/h5-9,14-15,17H,2,4,10-11H2,1,3H3. The maximum atomic E-state index is 11.1. The number of carbonyl (C=O) groups excluding carboxylic acids is 1. The first kappa shape index (κ1) is 17.4. The van der Waals surface area contributed by atoms with Crippen LogP contribution in [0, 0.1) is 0 Å².